The van der Waals surface area contributed by atoms with E-state index in [1.165, 1.54) is 76.8 Å². The van der Waals surface area contributed by atoms with Crippen molar-refractivity contribution in [2.75, 3.05) is 6.54 Å². The molecule has 5 rings (SSSR count). The van der Waals surface area contributed by atoms with Crippen molar-refractivity contribution < 1.29 is 0 Å². The molecule has 3 N–H and O–H groups in total. The number of hydrogen-bond acceptors (Lipinski definition) is 3. The number of aryl methyl sites for hydroxylation is 1. The highest BCUT2D eigenvalue weighted by atomic mass is 32.1. The molecule has 3 atom stereocenters. The summed E-state index contributed by atoms with van der Waals surface area (Å²) in [4.78, 5) is 1.36. The highest BCUT2D eigenvalue weighted by Gasteiger charge is 2.42. The molecule has 2 heterocycles. The fourth-order valence-corrected chi connectivity index (χ4v) is 7.41. The third-order valence-corrected chi connectivity index (χ3v) is 10.4. The molecule has 205 valence electrons. The van der Waals surface area contributed by atoms with E-state index in [0.717, 1.165) is 18.4 Å². The zero-order chi connectivity index (χ0) is 27.6. The fourth-order valence-electron chi connectivity index (χ4n) is 6.40. The quantitative estimate of drug-likeness (QED) is 0.267. The monoisotopic (exact) mass is 537 g/mol. The first-order valence-corrected chi connectivity index (χ1v) is 16.0. The van der Waals surface area contributed by atoms with Gasteiger partial charge < -0.3 is 11.1 Å². The lowest BCUT2D eigenvalue weighted by Gasteiger charge is -2.28. The van der Waals surface area contributed by atoms with Gasteiger partial charge in [0.25, 0.3) is 0 Å². The maximum absolute atomic E-state index is 6.33. The number of nitrogens with two attached hydrogens (primary N) is 1. The van der Waals surface area contributed by atoms with Crippen LogP contribution in [-0.2, 0) is 5.41 Å². The van der Waals surface area contributed by atoms with Gasteiger partial charge in [0.2, 0.25) is 0 Å². The van der Waals surface area contributed by atoms with Gasteiger partial charge in [-0.25, -0.2) is 0 Å². The van der Waals surface area contributed by atoms with E-state index in [1.54, 1.807) is 0 Å². The van der Waals surface area contributed by atoms with Crippen molar-refractivity contribution in [1.29, 1.82) is 0 Å². The predicted octanol–water partition coefficient (Wildman–Crippen LogP) is 9.03. The van der Waals surface area contributed by atoms with Gasteiger partial charge >= 0.3 is 0 Å². The van der Waals surface area contributed by atoms with E-state index in [4.69, 9.17) is 5.73 Å². The summed E-state index contributed by atoms with van der Waals surface area (Å²) in [5.41, 5.74) is 16.3. The number of hydrogen-bond donors (Lipinski definition) is 2. The largest absolute Gasteiger partial charge is 0.325 e. The van der Waals surface area contributed by atoms with Crippen LogP contribution in [-0.4, -0.2) is 19.9 Å². The summed E-state index contributed by atoms with van der Waals surface area (Å²) in [7, 11) is 2.35. The van der Waals surface area contributed by atoms with Gasteiger partial charge in [0.15, 0.2) is 7.28 Å². The number of rotatable bonds is 9. The Morgan fingerprint density at radius 1 is 1.10 bits per heavy atom. The lowest BCUT2D eigenvalue weighted by Crippen LogP contribution is -2.33. The van der Waals surface area contributed by atoms with Crippen molar-refractivity contribution in [2.45, 2.75) is 96.0 Å². The minimum Gasteiger partial charge on any atom is -0.325 e. The first kappa shape index (κ1) is 28.4. The summed E-state index contributed by atoms with van der Waals surface area (Å²) < 4.78 is 0. The summed E-state index contributed by atoms with van der Waals surface area (Å²) in [6, 6.07) is 19.3. The minimum absolute atomic E-state index is 0.0677. The highest BCUT2D eigenvalue weighted by Crippen LogP contribution is 2.51. The summed E-state index contributed by atoms with van der Waals surface area (Å²) >= 11 is 1.87. The van der Waals surface area contributed by atoms with Gasteiger partial charge in [-0.15, -0.1) is 17.9 Å². The molecule has 0 spiro atoms. The van der Waals surface area contributed by atoms with E-state index in [0.29, 0.717) is 23.2 Å². The van der Waals surface area contributed by atoms with E-state index in [9.17, 15) is 0 Å². The average molecular weight is 538 g/mol. The minimum atomic E-state index is 0.0677. The maximum Gasteiger partial charge on any atom is 0.150 e. The van der Waals surface area contributed by atoms with Crippen LogP contribution in [0.1, 0.15) is 88.4 Å². The Labute approximate surface area is 241 Å². The average Bonchev–Trinajstić information content (AvgIpc) is 3.58. The first-order chi connectivity index (χ1) is 18.8. The zero-order valence-electron chi connectivity index (χ0n) is 24.4. The number of thiophene rings is 1. The molecule has 1 aliphatic heterocycles. The van der Waals surface area contributed by atoms with Gasteiger partial charge in [0, 0.05) is 17.0 Å². The van der Waals surface area contributed by atoms with Gasteiger partial charge in [0.05, 0.1) is 0 Å². The molecule has 1 saturated carbocycles. The SMILES string of the molecule is C=C([B]C1CCCC(c2ccc(-c3cc(-c4cccc(C5(CC)CC5)c4)cs3)c(C)c2)NCC1)C(N)C(C)C. The second-order valence-electron chi connectivity index (χ2n) is 12.5. The first-order valence-electron chi connectivity index (χ1n) is 15.1. The van der Waals surface area contributed by atoms with Gasteiger partial charge in [-0.2, -0.15) is 0 Å². The van der Waals surface area contributed by atoms with Crippen LogP contribution in [0.2, 0.25) is 5.82 Å². The van der Waals surface area contributed by atoms with Crippen LogP contribution in [0.15, 0.2) is 66.0 Å². The Balaban J connectivity index is 1.23. The van der Waals surface area contributed by atoms with Gasteiger partial charge in [-0.3, -0.25) is 0 Å². The van der Waals surface area contributed by atoms with E-state index < -0.39 is 0 Å². The van der Waals surface area contributed by atoms with Crippen LogP contribution in [0.3, 0.4) is 0 Å². The Bertz CT molecular complexity index is 1280. The Morgan fingerprint density at radius 2 is 1.92 bits per heavy atom. The molecule has 1 aliphatic carbocycles. The second kappa shape index (κ2) is 12.2. The maximum atomic E-state index is 6.33. The lowest BCUT2D eigenvalue weighted by molar-refractivity contribution is 0.426. The molecule has 0 bridgehead atoms. The van der Waals surface area contributed by atoms with Gasteiger partial charge in [-0.1, -0.05) is 87.4 Å². The molecule has 1 saturated heterocycles. The van der Waals surface area contributed by atoms with E-state index in [-0.39, 0.29) is 6.04 Å². The molecule has 2 aromatic carbocycles. The molecular formula is C35H46BN2S. The topological polar surface area (TPSA) is 38.0 Å². The van der Waals surface area contributed by atoms with Crippen molar-refractivity contribution in [3.05, 3.63) is 82.7 Å². The molecule has 0 amide bonds. The van der Waals surface area contributed by atoms with Crippen LogP contribution in [0, 0.1) is 12.8 Å². The van der Waals surface area contributed by atoms with Crippen molar-refractivity contribution in [3.8, 4) is 21.6 Å². The number of nitrogens with one attached hydrogen (secondary N) is 1. The zero-order valence-corrected chi connectivity index (χ0v) is 25.2. The molecule has 2 nitrogen and oxygen atoms in total. The molecule has 2 fully saturated rings. The molecular weight excluding hydrogens is 491 g/mol. The van der Waals surface area contributed by atoms with Crippen LogP contribution in [0.4, 0.5) is 0 Å². The number of benzene rings is 2. The smallest absolute Gasteiger partial charge is 0.150 e. The third-order valence-electron chi connectivity index (χ3n) is 9.43. The standard InChI is InChI=1S/C35H46BN2S/c1-6-35(16-17-35)29-10-7-9-26(20-29)28-21-33(39-22-28)31-14-13-27(19-24(31)4)32-12-8-11-30(15-18-38-32)36-25(5)34(37)23(2)3/h7,9-10,13-14,19-23,30,32,34,38H,5-6,8,11-12,15-18,37H2,1-4H3. The summed E-state index contributed by atoms with van der Waals surface area (Å²) in [6.07, 6.45) is 8.68. The van der Waals surface area contributed by atoms with Crippen LogP contribution < -0.4 is 11.1 Å². The molecule has 3 aromatic rings. The predicted molar refractivity (Wildman–Crippen MR) is 172 cm³/mol. The van der Waals surface area contributed by atoms with E-state index in [2.05, 4.69) is 101 Å². The molecule has 3 unspecified atom stereocenters. The van der Waals surface area contributed by atoms with E-state index in [1.807, 2.05) is 11.3 Å². The molecule has 1 radical (unpaired) electrons. The van der Waals surface area contributed by atoms with Crippen LogP contribution in [0.25, 0.3) is 21.6 Å². The molecule has 2 aliphatic rings. The van der Waals surface area contributed by atoms with Gasteiger partial charge in [0.1, 0.15) is 0 Å². The normalized spacial score (nSPS) is 21.7. The summed E-state index contributed by atoms with van der Waals surface area (Å²) in [6.45, 7) is 14.3. The third kappa shape index (κ3) is 6.45. The molecule has 1 aromatic heterocycles. The highest BCUT2D eigenvalue weighted by molar-refractivity contribution is 7.14. The van der Waals surface area contributed by atoms with Gasteiger partial charge in [-0.05, 0) is 102 Å². The Hall–Kier alpha value is -2.14. The van der Waals surface area contributed by atoms with Crippen LogP contribution in [0.5, 0.6) is 0 Å². The van der Waals surface area contributed by atoms with Crippen molar-refractivity contribution >= 4 is 18.6 Å². The fraction of sp³-hybridized carbons (Fsp3) is 0.486. The van der Waals surface area contributed by atoms with Crippen molar-refractivity contribution in [1.82, 2.24) is 5.32 Å². The summed E-state index contributed by atoms with van der Waals surface area (Å²) in [5, 5.41) is 6.19. The molecule has 39 heavy (non-hydrogen) atoms. The van der Waals surface area contributed by atoms with Crippen LogP contribution >= 0.6 is 11.3 Å². The second-order valence-corrected chi connectivity index (χ2v) is 13.4. The van der Waals surface area contributed by atoms with Crippen molar-refractivity contribution in [3.63, 3.8) is 0 Å². The Morgan fingerprint density at radius 3 is 2.64 bits per heavy atom. The molecule has 4 heteroatoms. The Kier molecular flexibility index (Phi) is 8.86. The lowest BCUT2D eigenvalue weighted by atomic mass is 9.53. The van der Waals surface area contributed by atoms with E-state index >= 15 is 0 Å². The van der Waals surface area contributed by atoms with Crippen molar-refractivity contribution in [2.24, 2.45) is 11.7 Å². The summed E-state index contributed by atoms with van der Waals surface area (Å²) in [5.74, 6) is 1.01.